The summed E-state index contributed by atoms with van der Waals surface area (Å²) < 4.78 is 51.6. The summed E-state index contributed by atoms with van der Waals surface area (Å²) in [5, 5.41) is 4.08. The molecule has 0 unspecified atom stereocenters. The van der Waals surface area contributed by atoms with Gasteiger partial charge in [0.15, 0.2) is 5.82 Å². The monoisotopic (exact) mass is 418 g/mol. The SMILES string of the molecule is CC(C)OC(=O)/C=C\n1cnc(-c2cc(Oc3ccccn3)cc(C(F)(F)F)c2)n1. The second-order valence-corrected chi connectivity index (χ2v) is 6.36. The van der Waals surface area contributed by atoms with E-state index in [2.05, 4.69) is 15.1 Å². The highest BCUT2D eigenvalue weighted by Crippen LogP contribution is 2.36. The Hall–Kier alpha value is -3.69. The second-order valence-electron chi connectivity index (χ2n) is 6.36. The first-order valence-electron chi connectivity index (χ1n) is 8.82. The highest BCUT2D eigenvalue weighted by molar-refractivity contribution is 5.85. The van der Waals surface area contributed by atoms with Crippen molar-refractivity contribution >= 4 is 12.2 Å². The molecule has 0 atom stereocenters. The van der Waals surface area contributed by atoms with Crippen LogP contribution in [0.2, 0.25) is 0 Å². The van der Waals surface area contributed by atoms with Crippen LogP contribution in [-0.4, -0.2) is 31.8 Å². The maximum atomic E-state index is 13.3. The Bertz CT molecular complexity index is 1050. The van der Waals surface area contributed by atoms with Crippen molar-refractivity contribution in [2.45, 2.75) is 26.1 Å². The van der Waals surface area contributed by atoms with Gasteiger partial charge in [-0.3, -0.25) is 0 Å². The number of aromatic nitrogens is 4. The smallest absolute Gasteiger partial charge is 0.416 e. The van der Waals surface area contributed by atoms with Gasteiger partial charge in [0.05, 0.1) is 11.7 Å². The minimum Gasteiger partial charge on any atom is -0.460 e. The normalized spacial score (nSPS) is 11.8. The molecule has 1 aromatic carbocycles. The van der Waals surface area contributed by atoms with Crippen LogP contribution in [0, 0.1) is 0 Å². The fraction of sp³-hybridized carbons (Fsp3) is 0.200. The fourth-order valence-corrected chi connectivity index (χ4v) is 2.37. The summed E-state index contributed by atoms with van der Waals surface area (Å²) in [5.74, 6) is -0.472. The summed E-state index contributed by atoms with van der Waals surface area (Å²) in [5.41, 5.74) is -0.828. The molecule has 0 spiro atoms. The van der Waals surface area contributed by atoms with E-state index in [1.807, 2.05) is 0 Å². The lowest BCUT2D eigenvalue weighted by Crippen LogP contribution is -2.08. The van der Waals surface area contributed by atoms with Crippen LogP contribution in [0.1, 0.15) is 19.4 Å². The molecule has 0 aliphatic heterocycles. The van der Waals surface area contributed by atoms with Gasteiger partial charge in [0, 0.05) is 30.1 Å². The Morgan fingerprint density at radius 3 is 2.63 bits per heavy atom. The molecule has 10 heteroatoms. The highest BCUT2D eigenvalue weighted by atomic mass is 19.4. The van der Waals surface area contributed by atoms with E-state index < -0.39 is 17.7 Å². The fourth-order valence-electron chi connectivity index (χ4n) is 2.37. The number of carbonyl (C=O) groups excluding carboxylic acids is 1. The number of benzene rings is 1. The predicted octanol–water partition coefficient (Wildman–Crippen LogP) is 4.57. The molecule has 0 saturated heterocycles. The number of pyridine rings is 1. The first kappa shape index (κ1) is 21.0. The number of rotatable bonds is 6. The van der Waals surface area contributed by atoms with Gasteiger partial charge >= 0.3 is 12.1 Å². The molecule has 3 rings (SSSR count). The molecule has 0 aliphatic rings. The van der Waals surface area contributed by atoms with Crippen LogP contribution in [0.25, 0.3) is 17.6 Å². The quantitative estimate of drug-likeness (QED) is 0.431. The number of nitrogens with zero attached hydrogens (tertiary/aromatic N) is 4. The standard InChI is InChI=1S/C20H17F3N4O3/c1-13(2)29-18(28)6-8-27-12-25-19(26-27)14-9-15(20(21,22)23)11-16(10-14)30-17-5-3-4-7-24-17/h3-13H,1-2H3/b8-6-. The van der Waals surface area contributed by atoms with Crippen molar-refractivity contribution in [1.29, 1.82) is 0 Å². The molecule has 0 aliphatic carbocycles. The van der Waals surface area contributed by atoms with Crippen molar-refractivity contribution in [3.8, 4) is 23.0 Å². The Labute approximate surface area is 169 Å². The maximum Gasteiger partial charge on any atom is 0.416 e. The molecule has 0 N–H and O–H groups in total. The van der Waals surface area contributed by atoms with Gasteiger partial charge in [-0.05, 0) is 38.1 Å². The third kappa shape index (κ3) is 5.66. The van der Waals surface area contributed by atoms with E-state index in [4.69, 9.17) is 9.47 Å². The molecule has 7 nitrogen and oxygen atoms in total. The van der Waals surface area contributed by atoms with Crippen molar-refractivity contribution in [3.05, 3.63) is 60.6 Å². The van der Waals surface area contributed by atoms with Gasteiger partial charge < -0.3 is 9.47 Å². The summed E-state index contributed by atoms with van der Waals surface area (Å²) in [4.78, 5) is 19.5. The first-order chi connectivity index (χ1) is 14.2. The topological polar surface area (TPSA) is 79.1 Å². The van der Waals surface area contributed by atoms with Crippen molar-refractivity contribution in [3.63, 3.8) is 0 Å². The molecular weight excluding hydrogens is 401 g/mol. The number of hydrogen-bond donors (Lipinski definition) is 0. The van der Waals surface area contributed by atoms with E-state index in [1.165, 1.54) is 35.5 Å². The molecule has 0 radical (unpaired) electrons. The van der Waals surface area contributed by atoms with Crippen molar-refractivity contribution in [2.24, 2.45) is 0 Å². The zero-order chi connectivity index (χ0) is 21.7. The number of hydrogen-bond acceptors (Lipinski definition) is 6. The lowest BCUT2D eigenvalue weighted by Gasteiger charge is -2.11. The summed E-state index contributed by atoms with van der Waals surface area (Å²) in [6.07, 6.45) is 0.274. The molecule has 0 bridgehead atoms. The minimum absolute atomic E-state index is 0.0221. The van der Waals surface area contributed by atoms with Crippen molar-refractivity contribution < 1.29 is 27.4 Å². The van der Waals surface area contributed by atoms with Crippen LogP contribution >= 0.6 is 0 Å². The molecule has 156 valence electrons. The van der Waals surface area contributed by atoms with Crippen molar-refractivity contribution in [1.82, 2.24) is 19.7 Å². The molecule has 0 fully saturated rings. The molecule has 0 saturated carbocycles. The van der Waals surface area contributed by atoms with Crippen LogP contribution < -0.4 is 4.74 Å². The molecule has 2 heterocycles. The Morgan fingerprint density at radius 2 is 1.97 bits per heavy atom. The molecule has 2 aromatic heterocycles. The third-order valence-electron chi connectivity index (χ3n) is 3.58. The molecular formula is C20H17F3N4O3. The van der Waals surface area contributed by atoms with Crippen molar-refractivity contribution in [2.75, 3.05) is 0 Å². The lowest BCUT2D eigenvalue weighted by molar-refractivity contribution is -0.141. The van der Waals surface area contributed by atoms with Crippen LogP contribution in [0.5, 0.6) is 11.6 Å². The number of alkyl halides is 3. The van der Waals surface area contributed by atoms with E-state index >= 15 is 0 Å². The zero-order valence-corrected chi connectivity index (χ0v) is 16.0. The molecule has 0 amide bonds. The Balaban J connectivity index is 1.89. The third-order valence-corrected chi connectivity index (χ3v) is 3.58. The van der Waals surface area contributed by atoms with E-state index in [-0.39, 0.29) is 29.1 Å². The Morgan fingerprint density at radius 1 is 1.17 bits per heavy atom. The average molecular weight is 418 g/mol. The summed E-state index contributed by atoms with van der Waals surface area (Å²) in [6, 6.07) is 8.00. The van der Waals surface area contributed by atoms with Gasteiger partial charge in [-0.15, -0.1) is 5.10 Å². The summed E-state index contributed by atoms with van der Waals surface area (Å²) >= 11 is 0. The number of carbonyl (C=O) groups is 1. The highest BCUT2D eigenvalue weighted by Gasteiger charge is 2.32. The van der Waals surface area contributed by atoms with Gasteiger partial charge in [-0.2, -0.15) is 13.2 Å². The van der Waals surface area contributed by atoms with Gasteiger partial charge in [0.25, 0.3) is 0 Å². The van der Waals surface area contributed by atoms with E-state index in [9.17, 15) is 18.0 Å². The van der Waals surface area contributed by atoms with Crippen LogP contribution in [-0.2, 0) is 15.7 Å². The predicted molar refractivity (Wildman–Crippen MR) is 101 cm³/mol. The van der Waals surface area contributed by atoms with Crippen LogP contribution in [0.4, 0.5) is 13.2 Å². The minimum atomic E-state index is -4.60. The van der Waals surface area contributed by atoms with E-state index in [0.29, 0.717) is 0 Å². The van der Waals surface area contributed by atoms with Gasteiger partial charge in [-0.1, -0.05) is 6.07 Å². The van der Waals surface area contributed by atoms with Crippen LogP contribution in [0.3, 0.4) is 0 Å². The van der Waals surface area contributed by atoms with Crippen LogP contribution in [0.15, 0.2) is 55.0 Å². The zero-order valence-electron chi connectivity index (χ0n) is 16.0. The number of ether oxygens (including phenoxy) is 2. The van der Waals surface area contributed by atoms with Gasteiger partial charge in [-0.25, -0.2) is 19.4 Å². The largest absolute Gasteiger partial charge is 0.460 e. The number of halogens is 3. The second kappa shape index (κ2) is 8.76. The van der Waals surface area contributed by atoms with E-state index in [0.717, 1.165) is 18.2 Å². The maximum absolute atomic E-state index is 13.3. The molecule has 30 heavy (non-hydrogen) atoms. The lowest BCUT2D eigenvalue weighted by atomic mass is 10.1. The summed E-state index contributed by atoms with van der Waals surface area (Å²) in [6.45, 7) is 3.41. The number of esters is 1. The summed E-state index contributed by atoms with van der Waals surface area (Å²) in [7, 11) is 0. The Kier molecular flexibility index (Phi) is 6.14. The average Bonchev–Trinajstić information content (AvgIpc) is 3.15. The molecule has 3 aromatic rings. The first-order valence-corrected chi connectivity index (χ1v) is 8.82. The van der Waals surface area contributed by atoms with Gasteiger partial charge in [0.1, 0.15) is 12.1 Å². The van der Waals surface area contributed by atoms with Gasteiger partial charge in [0.2, 0.25) is 5.88 Å². The van der Waals surface area contributed by atoms with E-state index in [1.54, 1.807) is 26.0 Å².